The zero-order valence-electron chi connectivity index (χ0n) is 16.2. The lowest BCUT2D eigenvalue weighted by atomic mass is 9.93. The second-order valence-electron chi connectivity index (χ2n) is 7.21. The molecule has 0 unspecified atom stereocenters. The van der Waals surface area contributed by atoms with Crippen LogP contribution >= 0.6 is 11.6 Å². The molecule has 0 bridgehead atoms. The molecule has 0 spiro atoms. The van der Waals surface area contributed by atoms with Crippen molar-refractivity contribution in [1.29, 1.82) is 0 Å². The highest BCUT2D eigenvalue weighted by atomic mass is 35.5. The van der Waals surface area contributed by atoms with E-state index in [0.717, 1.165) is 27.8 Å². The summed E-state index contributed by atoms with van der Waals surface area (Å²) in [6.45, 7) is 2.00. The van der Waals surface area contributed by atoms with Crippen molar-refractivity contribution in [3.05, 3.63) is 95.5 Å². The van der Waals surface area contributed by atoms with Gasteiger partial charge in [-0.3, -0.25) is 0 Å². The van der Waals surface area contributed by atoms with E-state index in [0.29, 0.717) is 21.7 Å². The molecule has 0 saturated carbocycles. The molecule has 5 rings (SSSR count). The number of aromatic hydroxyl groups is 1. The maximum atomic E-state index is 11.2. The van der Waals surface area contributed by atoms with Gasteiger partial charge < -0.3 is 5.11 Å². The van der Waals surface area contributed by atoms with Crippen molar-refractivity contribution < 1.29 is 5.11 Å². The third-order valence-electron chi connectivity index (χ3n) is 5.09. The zero-order chi connectivity index (χ0) is 20.7. The third-order valence-corrected chi connectivity index (χ3v) is 5.33. The lowest BCUT2D eigenvalue weighted by Crippen LogP contribution is -2.01. The van der Waals surface area contributed by atoms with Gasteiger partial charge in [-0.25, -0.2) is 0 Å². The maximum Gasteiger partial charge on any atom is 0.150 e. The monoisotopic (exact) mass is 411 g/mol. The molecule has 4 aromatic carbocycles. The highest BCUT2D eigenvalue weighted by molar-refractivity contribution is 6.31. The Morgan fingerprint density at radius 2 is 1.43 bits per heavy atom. The number of aromatic nitrogens is 3. The number of aryl methyl sites for hydroxylation is 1. The first-order valence-electron chi connectivity index (χ1n) is 9.61. The average molecular weight is 412 g/mol. The number of nitrogens with zero attached hydrogens (tertiary/aromatic N) is 3. The summed E-state index contributed by atoms with van der Waals surface area (Å²) >= 11 is 6.08. The number of halogens is 1. The standard InChI is InChI=1S/C25H18ClN3O/c1-16-13-21(20-10-6-5-9-19(20)17-7-3-2-4-8-17)25(30)24(14-16)29-27-22-12-11-18(26)15-23(22)28-29/h2-15,30H,1H3. The van der Waals surface area contributed by atoms with Crippen molar-refractivity contribution in [3.63, 3.8) is 0 Å². The van der Waals surface area contributed by atoms with Gasteiger partial charge in [0.25, 0.3) is 0 Å². The zero-order valence-corrected chi connectivity index (χ0v) is 17.0. The molecular weight excluding hydrogens is 394 g/mol. The van der Waals surface area contributed by atoms with Crippen LogP contribution in [0.15, 0.2) is 84.9 Å². The first kappa shape index (κ1) is 18.4. The molecule has 0 aliphatic heterocycles. The number of rotatable bonds is 3. The van der Waals surface area contributed by atoms with Crippen LogP contribution in [0.3, 0.4) is 0 Å². The van der Waals surface area contributed by atoms with Crippen LogP contribution in [0.25, 0.3) is 39.0 Å². The van der Waals surface area contributed by atoms with Crippen LogP contribution in [-0.4, -0.2) is 20.1 Å². The summed E-state index contributed by atoms with van der Waals surface area (Å²) in [5.74, 6) is 0.135. The Morgan fingerprint density at radius 1 is 0.733 bits per heavy atom. The summed E-state index contributed by atoms with van der Waals surface area (Å²) < 4.78 is 0. The number of benzene rings is 4. The van der Waals surface area contributed by atoms with Crippen LogP contribution in [0.5, 0.6) is 5.75 Å². The summed E-state index contributed by atoms with van der Waals surface area (Å²) in [7, 11) is 0. The van der Waals surface area contributed by atoms with Gasteiger partial charge >= 0.3 is 0 Å². The Hall–Kier alpha value is -3.63. The summed E-state index contributed by atoms with van der Waals surface area (Å²) in [6.07, 6.45) is 0. The lowest BCUT2D eigenvalue weighted by molar-refractivity contribution is 0.469. The van der Waals surface area contributed by atoms with E-state index in [2.05, 4.69) is 28.4 Å². The molecular formula is C25H18ClN3O. The second-order valence-corrected chi connectivity index (χ2v) is 7.65. The molecule has 1 N–H and O–H groups in total. The van der Waals surface area contributed by atoms with Gasteiger partial charge in [0.05, 0.1) is 0 Å². The molecule has 4 nitrogen and oxygen atoms in total. The molecule has 1 heterocycles. The summed E-state index contributed by atoms with van der Waals surface area (Å²) in [5.41, 5.74) is 6.75. The van der Waals surface area contributed by atoms with Crippen molar-refractivity contribution in [2.45, 2.75) is 6.92 Å². The fourth-order valence-electron chi connectivity index (χ4n) is 3.70. The Morgan fingerprint density at radius 3 is 2.23 bits per heavy atom. The van der Waals surface area contributed by atoms with E-state index in [1.807, 2.05) is 61.5 Å². The number of phenolic OH excluding ortho intramolecular Hbond substituents is 1. The van der Waals surface area contributed by atoms with Crippen molar-refractivity contribution in [3.8, 4) is 33.7 Å². The van der Waals surface area contributed by atoms with Crippen LogP contribution in [0.1, 0.15) is 5.56 Å². The Bertz CT molecular complexity index is 1380. The fraction of sp³-hybridized carbons (Fsp3) is 0.0400. The van der Waals surface area contributed by atoms with Gasteiger partial charge in [0.2, 0.25) is 0 Å². The van der Waals surface area contributed by atoms with Gasteiger partial charge in [-0.2, -0.15) is 0 Å². The van der Waals surface area contributed by atoms with Crippen molar-refractivity contribution in [1.82, 2.24) is 15.0 Å². The minimum Gasteiger partial charge on any atom is -0.505 e. The first-order chi connectivity index (χ1) is 14.6. The van der Waals surface area contributed by atoms with Crippen LogP contribution in [-0.2, 0) is 0 Å². The molecule has 0 saturated heterocycles. The predicted molar refractivity (Wildman–Crippen MR) is 121 cm³/mol. The van der Waals surface area contributed by atoms with Gasteiger partial charge in [0.1, 0.15) is 16.7 Å². The van der Waals surface area contributed by atoms with E-state index < -0.39 is 0 Å². The normalized spacial score (nSPS) is 11.1. The van der Waals surface area contributed by atoms with Crippen LogP contribution in [0, 0.1) is 6.92 Å². The largest absolute Gasteiger partial charge is 0.505 e. The van der Waals surface area contributed by atoms with E-state index in [9.17, 15) is 5.11 Å². The molecule has 0 amide bonds. The highest BCUT2D eigenvalue weighted by Gasteiger charge is 2.17. The fourth-order valence-corrected chi connectivity index (χ4v) is 3.87. The van der Waals surface area contributed by atoms with Gasteiger partial charge in [0.15, 0.2) is 5.75 Å². The minimum absolute atomic E-state index is 0.135. The van der Waals surface area contributed by atoms with Crippen molar-refractivity contribution in [2.24, 2.45) is 0 Å². The van der Waals surface area contributed by atoms with Crippen molar-refractivity contribution in [2.75, 3.05) is 0 Å². The van der Waals surface area contributed by atoms with E-state index in [1.54, 1.807) is 12.1 Å². The third kappa shape index (κ3) is 3.21. The molecule has 0 aliphatic rings. The highest BCUT2D eigenvalue weighted by Crippen LogP contribution is 2.40. The molecule has 146 valence electrons. The van der Waals surface area contributed by atoms with E-state index in [4.69, 9.17) is 11.6 Å². The van der Waals surface area contributed by atoms with Gasteiger partial charge in [-0.15, -0.1) is 15.0 Å². The maximum absolute atomic E-state index is 11.2. The predicted octanol–water partition coefficient (Wildman–Crippen LogP) is 6.42. The molecule has 5 aromatic rings. The molecule has 0 aliphatic carbocycles. The van der Waals surface area contributed by atoms with Crippen molar-refractivity contribution >= 4 is 22.6 Å². The quantitative estimate of drug-likeness (QED) is 0.372. The van der Waals surface area contributed by atoms with Gasteiger partial charge in [0, 0.05) is 10.6 Å². The lowest BCUT2D eigenvalue weighted by Gasteiger charge is -2.15. The Balaban J connectivity index is 1.71. The van der Waals surface area contributed by atoms with E-state index >= 15 is 0 Å². The number of fused-ring (bicyclic) bond motifs is 1. The van der Waals surface area contributed by atoms with Crippen LogP contribution in [0.4, 0.5) is 0 Å². The molecule has 0 radical (unpaired) electrons. The van der Waals surface area contributed by atoms with E-state index in [-0.39, 0.29) is 5.75 Å². The molecule has 0 fully saturated rings. The smallest absolute Gasteiger partial charge is 0.150 e. The van der Waals surface area contributed by atoms with Crippen LogP contribution < -0.4 is 0 Å². The van der Waals surface area contributed by atoms with Gasteiger partial charge in [-0.05, 0) is 59.5 Å². The second kappa shape index (κ2) is 7.32. The number of hydrogen-bond acceptors (Lipinski definition) is 3. The molecule has 1 aromatic heterocycles. The SMILES string of the molecule is Cc1cc(-c2ccccc2-c2ccccc2)c(O)c(-n2nc3ccc(Cl)cc3n2)c1. The van der Waals surface area contributed by atoms with Crippen LogP contribution in [0.2, 0.25) is 5.02 Å². The van der Waals surface area contributed by atoms with Gasteiger partial charge in [-0.1, -0.05) is 66.2 Å². The molecule has 5 heteroatoms. The topological polar surface area (TPSA) is 50.9 Å². The average Bonchev–Trinajstić information content (AvgIpc) is 3.18. The summed E-state index contributed by atoms with van der Waals surface area (Å²) in [6, 6.07) is 27.4. The Labute approximate surface area is 179 Å². The molecule has 0 atom stereocenters. The summed E-state index contributed by atoms with van der Waals surface area (Å²) in [5, 5.41) is 20.9. The number of phenols is 1. The molecule has 30 heavy (non-hydrogen) atoms. The Kier molecular flexibility index (Phi) is 4.49. The minimum atomic E-state index is 0.135. The van der Waals surface area contributed by atoms with E-state index in [1.165, 1.54) is 4.80 Å². The first-order valence-corrected chi connectivity index (χ1v) is 9.99. The summed E-state index contributed by atoms with van der Waals surface area (Å²) in [4.78, 5) is 1.47. The number of hydrogen-bond donors (Lipinski definition) is 1.